The smallest absolute Gasteiger partial charge is 0.308 e. The maximum atomic E-state index is 11.5. The first-order chi connectivity index (χ1) is 16.5. The van der Waals surface area contributed by atoms with Gasteiger partial charge in [-0.05, 0) is 43.7 Å². The lowest BCUT2D eigenvalue weighted by Gasteiger charge is -2.16. The van der Waals surface area contributed by atoms with Crippen LogP contribution in [0.15, 0.2) is 72.8 Å². The van der Waals surface area contributed by atoms with Crippen molar-refractivity contribution in [2.75, 3.05) is 13.2 Å². The molecule has 34 heavy (non-hydrogen) atoms. The van der Waals surface area contributed by atoms with Crippen molar-refractivity contribution in [3.63, 3.8) is 0 Å². The van der Waals surface area contributed by atoms with Crippen LogP contribution in [0.4, 0.5) is 0 Å². The third-order valence-electron chi connectivity index (χ3n) is 4.86. The number of benzene rings is 3. The lowest BCUT2D eigenvalue weighted by atomic mass is 10.1. The van der Waals surface area contributed by atoms with Crippen molar-refractivity contribution in [2.45, 2.75) is 33.5 Å². The summed E-state index contributed by atoms with van der Waals surface area (Å²) < 4.78 is 22.5. The zero-order chi connectivity index (χ0) is 24.3. The Morgan fingerprint density at radius 2 is 1.53 bits per heavy atom. The van der Waals surface area contributed by atoms with E-state index in [1.807, 2.05) is 44.2 Å². The molecule has 0 radical (unpaired) electrons. The van der Waals surface area contributed by atoms with Gasteiger partial charge in [-0.15, -0.1) is 0 Å². The van der Waals surface area contributed by atoms with E-state index in [2.05, 4.69) is 0 Å². The van der Waals surface area contributed by atoms with E-state index in [4.69, 9.17) is 18.9 Å². The summed E-state index contributed by atoms with van der Waals surface area (Å²) in [6, 6.07) is 20.4. The van der Waals surface area contributed by atoms with Gasteiger partial charge in [0.25, 0.3) is 0 Å². The van der Waals surface area contributed by atoms with Crippen LogP contribution in [-0.2, 0) is 11.4 Å². The van der Waals surface area contributed by atoms with E-state index >= 15 is 0 Å². The number of ether oxygens (including phenoxy) is 4. The van der Waals surface area contributed by atoms with Crippen molar-refractivity contribution in [3.8, 4) is 23.0 Å². The van der Waals surface area contributed by atoms with Crippen molar-refractivity contribution < 1.29 is 28.8 Å². The molecule has 0 spiro atoms. The highest BCUT2D eigenvalue weighted by molar-refractivity contribution is 5.72. The Bertz CT molecular complexity index is 1110. The zero-order valence-corrected chi connectivity index (χ0v) is 19.7. The lowest BCUT2D eigenvalue weighted by Crippen LogP contribution is -2.04. The van der Waals surface area contributed by atoms with Gasteiger partial charge in [-0.3, -0.25) is 4.79 Å². The average Bonchev–Trinajstić information content (AvgIpc) is 2.83. The van der Waals surface area contributed by atoms with Crippen molar-refractivity contribution in [3.05, 3.63) is 89.5 Å². The van der Waals surface area contributed by atoms with E-state index in [0.717, 1.165) is 5.56 Å². The Labute approximate surface area is 200 Å². The second-order valence-corrected chi connectivity index (χ2v) is 7.44. The zero-order valence-electron chi connectivity index (χ0n) is 19.7. The summed E-state index contributed by atoms with van der Waals surface area (Å²) in [5, 5.41) is 11.0. The van der Waals surface area contributed by atoms with Crippen molar-refractivity contribution in [1.82, 2.24) is 0 Å². The maximum absolute atomic E-state index is 11.5. The number of aliphatic hydroxyl groups excluding tert-OH is 1. The molecule has 0 fully saturated rings. The molecule has 3 aromatic rings. The molecule has 1 atom stereocenters. The first kappa shape index (κ1) is 24.9. The Balaban J connectivity index is 1.85. The van der Waals surface area contributed by atoms with Gasteiger partial charge in [-0.1, -0.05) is 42.5 Å². The molecule has 3 rings (SSSR count). The molecule has 0 aromatic heterocycles. The number of carbonyl (C=O) groups is 1. The Morgan fingerprint density at radius 3 is 2.18 bits per heavy atom. The van der Waals surface area contributed by atoms with Gasteiger partial charge in [0.15, 0.2) is 0 Å². The summed E-state index contributed by atoms with van der Waals surface area (Å²) in [7, 11) is 0. The van der Waals surface area contributed by atoms with Crippen molar-refractivity contribution in [1.29, 1.82) is 0 Å². The highest BCUT2D eigenvalue weighted by Gasteiger charge is 2.14. The highest BCUT2D eigenvalue weighted by Crippen LogP contribution is 2.33. The van der Waals surface area contributed by atoms with Crippen molar-refractivity contribution >= 4 is 12.0 Å². The Hall–Kier alpha value is -3.77. The van der Waals surface area contributed by atoms with Crippen LogP contribution in [0.5, 0.6) is 23.0 Å². The van der Waals surface area contributed by atoms with Crippen LogP contribution in [-0.4, -0.2) is 24.3 Å². The molecule has 0 saturated carbocycles. The largest absolute Gasteiger partial charge is 0.494 e. The SMILES string of the molecule is CCOc1ccc(C=CC(O)c2ccc(OCC)cc2OCc2ccccc2)c(OC(C)=O)c1. The average molecular weight is 463 g/mol. The fourth-order valence-electron chi connectivity index (χ4n) is 3.33. The molecule has 6 heteroatoms. The minimum atomic E-state index is -0.960. The molecule has 0 bridgehead atoms. The number of rotatable bonds is 11. The van der Waals surface area contributed by atoms with Gasteiger partial charge in [0.2, 0.25) is 0 Å². The predicted molar refractivity (Wildman–Crippen MR) is 131 cm³/mol. The van der Waals surface area contributed by atoms with E-state index in [0.29, 0.717) is 53.9 Å². The van der Waals surface area contributed by atoms with Gasteiger partial charge < -0.3 is 24.1 Å². The quantitative estimate of drug-likeness (QED) is 0.290. The summed E-state index contributed by atoms with van der Waals surface area (Å²) in [5.41, 5.74) is 2.24. The van der Waals surface area contributed by atoms with Crippen LogP contribution in [0.25, 0.3) is 6.08 Å². The molecule has 0 aliphatic rings. The van der Waals surface area contributed by atoms with E-state index in [9.17, 15) is 9.90 Å². The molecule has 0 amide bonds. The maximum Gasteiger partial charge on any atom is 0.308 e. The lowest BCUT2D eigenvalue weighted by molar-refractivity contribution is -0.131. The minimum Gasteiger partial charge on any atom is -0.494 e. The van der Waals surface area contributed by atoms with Crippen LogP contribution >= 0.6 is 0 Å². The number of hydrogen-bond acceptors (Lipinski definition) is 6. The molecule has 0 aliphatic heterocycles. The monoisotopic (exact) mass is 462 g/mol. The first-order valence-corrected chi connectivity index (χ1v) is 11.2. The summed E-state index contributed by atoms with van der Waals surface area (Å²) in [6.45, 7) is 6.51. The summed E-state index contributed by atoms with van der Waals surface area (Å²) in [5.74, 6) is 1.70. The highest BCUT2D eigenvalue weighted by atomic mass is 16.5. The van der Waals surface area contributed by atoms with Crippen LogP contribution in [0.2, 0.25) is 0 Å². The summed E-state index contributed by atoms with van der Waals surface area (Å²) in [6.07, 6.45) is 2.36. The van der Waals surface area contributed by atoms with E-state index < -0.39 is 12.1 Å². The molecule has 178 valence electrons. The number of esters is 1. The number of aliphatic hydroxyl groups is 1. The third-order valence-corrected chi connectivity index (χ3v) is 4.86. The molecule has 1 N–H and O–H groups in total. The Kier molecular flexibility index (Phi) is 9.12. The number of carbonyl (C=O) groups excluding carboxylic acids is 1. The molecule has 1 unspecified atom stereocenters. The topological polar surface area (TPSA) is 74.2 Å². The second-order valence-electron chi connectivity index (χ2n) is 7.44. The summed E-state index contributed by atoms with van der Waals surface area (Å²) in [4.78, 5) is 11.5. The molecule has 0 aliphatic carbocycles. The van der Waals surface area contributed by atoms with Crippen molar-refractivity contribution in [2.24, 2.45) is 0 Å². The minimum absolute atomic E-state index is 0.356. The van der Waals surface area contributed by atoms with Gasteiger partial charge in [0, 0.05) is 30.2 Å². The van der Waals surface area contributed by atoms with Gasteiger partial charge in [0.1, 0.15) is 35.7 Å². The molecule has 3 aromatic carbocycles. The van der Waals surface area contributed by atoms with Crippen LogP contribution in [0.3, 0.4) is 0 Å². The fraction of sp³-hybridized carbons (Fsp3) is 0.250. The number of hydrogen-bond donors (Lipinski definition) is 1. The first-order valence-electron chi connectivity index (χ1n) is 11.2. The molecule has 0 saturated heterocycles. The van der Waals surface area contributed by atoms with E-state index in [1.165, 1.54) is 6.92 Å². The van der Waals surface area contributed by atoms with Crippen LogP contribution in [0.1, 0.15) is 43.6 Å². The predicted octanol–water partition coefficient (Wildman–Crippen LogP) is 5.74. The van der Waals surface area contributed by atoms with Gasteiger partial charge in [-0.2, -0.15) is 0 Å². The molecule has 0 heterocycles. The second kappa shape index (κ2) is 12.5. The fourth-order valence-corrected chi connectivity index (χ4v) is 3.33. The molecular formula is C28H30O6. The standard InChI is InChI=1S/C28H30O6/c1-4-31-23-13-11-22(27(17-23)34-20(3)29)12-16-26(30)25-15-14-24(32-5-2)18-28(25)33-19-21-9-7-6-8-10-21/h6-18,26,30H,4-5,19H2,1-3H3. The normalized spacial score (nSPS) is 11.8. The molecule has 6 nitrogen and oxygen atoms in total. The Morgan fingerprint density at radius 1 is 0.882 bits per heavy atom. The van der Waals surface area contributed by atoms with Gasteiger partial charge >= 0.3 is 5.97 Å². The van der Waals surface area contributed by atoms with Crippen LogP contribution in [0, 0.1) is 0 Å². The van der Waals surface area contributed by atoms with Gasteiger partial charge in [0.05, 0.1) is 13.2 Å². The van der Waals surface area contributed by atoms with Crippen LogP contribution < -0.4 is 18.9 Å². The van der Waals surface area contributed by atoms with E-state index in [-0.39, 0.29) is 0 Å². The molecular weight excluding hydrogens is 432 g/mol. The van der Waals surface area contributed by atoms with E-state index in [1.54, 1.807) is 48.6 Å². The summed E-state index contributed by atoms with van der Waals surface area (Å²) >= 11 is 0. The van der Waals surface area contributed by atoms with Gasteiger partial charge in [-0.25, -0.2) is 0 Å². The third kappa shape index (κ3) is 7.12.